The van der Waals surface area contributed by atoms with Gasteiger partial charge in [0.1, 0.15) is 30.0 Å². The summed E-state index contributed by atoms with van der Waals surface area (Å²) in [5.74, 6) is 0. The number of ether oxygens (including phenoxy) is 1. The van der Waals surface area contributed by atoms with E-state index in [1.54, 1.807) is 0 Å². The topological polar surface area (TPSA) is 116 Å². The maximum atomic E-state index is 9.63. The van der Waals surface area contributed by atoms with Crippen molar-refractivity contribution in [1.82, 2.24) is 0 Å². The Morgan fingerprint density at radius 3 is 2.29 bits per heavy atom. The van der Waals surface area contributed by atoms with Crippen molar-refractivity contribution in [3.05, 3.63) is 0 Å². The first-order valence-electron chi connectivity index (χ1n) is 4.61. The van der Waals surface area contributed by atoms with Crippen LogP contribution in [-0.4, -0.2) is 63.1 Å². The Kier molecular flexibility index (Phi) is 2.30. The van der Waals surface area contributed by atoms with Gasteiger partial charge in [-0.25, -0.2) is 0 Å². The van der Waals surface area contributed by atoms with Crippen LogP contribution in [0.4, 0.5) is 0 Å². The molecule has 1 saturated carbocycles. The Hall–Kier alpha value is -0.240. The monoisotopic (exact) mass is 205 g/mol. The summed E-state index contributed by atoms with van der Waals surface area (Å²) in [5.41, 5.74) is 4.62. The number of rotatable bonds is 1. The van der Waals surface area contributed by atoms with Gasteiger partial charge in [0.05, 0.1) is 6.61 Å². The summed E-state index contributed by atoms with van der Waals surface area (Å²) in [6.45, 7) is -0.403. The third kappa shape index (κ3) is 1.19. The molecule has 0 aromatic carbocycles. The van der Waals surface area contributed by atoms with Gasteiger partial charge in [0, 0.05) is 6.04 Å². The molecule has 6 heteroatoms. The second kappa shape index (κ2) is 3.13. The van der Waals surface area contributed by atoms with E-state index in [0.717, 1.165) is 0 Å². The van der Waals surface area contributed by atoms with Gasteiger partial charge in [0.15, 0.2) is 0 Å². The standard InChI is InChI=1S/C8H15NO5/c9-4-1-8(4)7(13)6(12)5(11)3(2-10)14-8/h3-7,10-13H,1-2,9H2/t3-,4-,5+,6+,7-,8+/m1/s1. The molecule has 6 N–H and O–H groups in total. The van der Waals surface area contributed by atoms with E-state index in [4.69, 9.17) is 15.6 Å². The maximum absolute atomic E-state index is 9.63. The molecule has 0 amide bonds. The number of aliphatic hydroxyl groups is 4. The van der Waals surface area contributed by atoms with Crippen LogP contribution in [0.15, 0.2) is 0 Å². The van der Waals surface area contributed by atoms with Crippen molar-refractivity contribution >= 4 is 0 Å². The fourth-order valence-corrected chi connectivity index (χ4v) is 2.02. The van der Waals surface area contributed by atoms with Crippen LogP contribution in [0.1, 0.15) is 6.42 Å². The molecule has 6 atom stereocenters. The van der Waals surface area contributed by atoms with Crippen molar-refractivity contribution in [2.45, 2.75) is 42.5 Å². The molecule has 2 rings (SSSR count). The molecule has 2 fully saturated rings. The Bertz CT molecular complexity index is 236. The van der Waals surface area contributed by atoms with Gasteiger partial charge in [-0.15, -0.1) is 0 Å². The average molecular weight is 205 g/mol. The molecule has 1 aliphatic heterocycles. The van der Waals surface area contributed by atoms with E-state index in [0.29, 0.717) is 6.42 Å². The summed E-state index contributed by atoms with van der Waals surface area (Å²) < 4.78 is 5.31. The highest BCUT2D eigenvalue weighted by Crippen LogP contribution is 2.47. The molecule has 0 aromatic rings. The van der Waals surface area contributed by atoms with Crippen molar-refractivity contribution in [2.24, 2.45) is 5.73 Å². The Morgan fingerprint density at radius 1 is 1.29 bits per heavy atom. The SMILES string of the molecule is N[C@@H]1C[C@]12O[C@H](CO)[C@H](O)[C@H](O)[C@H]2O. The first-order valence-corrected chi connectivity index (χ1v) is 4.61. The van der Waals surface area contributed by atoms with Gasteiger partial charge in [-0.1, -0.05) is 0 Å². The van der Waals surface area contributed by atoms with Crippen LogP contribution in [0.3, 0.4) is 0 Å². The van der Waals surface area contributed by atoms with Crippen LogP contribution in [0.2, 0.25) is 0 Å². The van der Waals surface area contributed by atoms with E-state index >= 15 is 0 Å². The summed E-state index contributed by atoms with van der Waals surface area (Å²) in [4.78, 5) is 0. The van der Waals surface area contributed by atoms with Gasteiger partial charge in [-0.05, 0) is 6.42 Å². The first-order chi connectivity index (χ1) is 6.53. The van der Waals surface area contributed by atoms with E-state index in [1.165, 1.54) is 0 Å². The fourth-order valence-electron chi connectivity index (χ4n) is 2.02. The fraction of sp³-hybridized carbons (Fsp3) is 1.00. The minimum atomic E-state index is -1.31. The van der Waals surface area contributed by atoms with Crippen LogP contribution >= 0.6 is 0 Å². The van der Waals surface area contributed by atoms with Gasteiger partial charge in [0.2, 0.25) is 0 Å². The lowest BCUT2D eigenvalue weighted by Crippen LogP contribution is -2.61. The lowest BCUT2D eigenvalue weighted by molar-refractivity contribution is -0.241. The second-order valence-corrected chi connectivity index (χ2v) is 4.03. The Morgan fingerprint density at radius 2 is 1.86 bits per heavy atom. The number of hydrogen-bond acceptors (Lipinski definition) is 6. The van der Waals surface area contributed by atoms with Crippen LogP contribution in [0, 0.1) is 0 Å². The molecule has 6 nitrogen and oxygen atoms in total. The third-order valence-corrected chi connectivity index (χ3v) is 3.11. The van der Waals surface area contributed by atoms with Crippen molar-refractivity contribution in [3.63, 3.8) is 0 Å². The highest BCUT2D eigenvalue weighted by atomic mass is 16.6. The van der Waals surface area contributed by atoms with Gasteiger partial charge >= 0.3 is 0 Å². The largest absolute Gasteiger partial charge is 0.394 e. The highest BCUT2D eigenvalue weighted by molar-refractivity contribution is 5.19. The zero-order valence-electron chi connectivity index (χ0n) is 7.58. The Balaban J connectivity index is 2.16. The lowest BCUT2D eigenvalue weighted by atomic mass is 9.93. The van der Waals surface area contributed by atoms with E-state index < -0.39 is 36.6 Å². The second-order valence-electron chi connectivity index (χ2n) is 4.03. The molecule has 1 saturated heterocycles. The molecule has 0 aromatic heterocycles. The van der Waals surface area contributed by atoms with Gasteiger partial charge < -0.3 is 30.9 Å². The van der Waals surface area contributed by atoms with Crippen molar-refractivity contribution in [1.29, 1.82) is 0 Å². The van der Waals surface area contributed by atoms with Crippen LogP contribution in [0.25, 0.3) is 0 Å². The predicted octanol–water partition coefficient (Wildman–Crippen LogP) is -3.07. The van der Waals surface area contributed by atoms with E-state index in [-0.39, 0.29) is 6.04 Å². The zero-order chi connectivity index (χ0) is 10.5. The lowest BCUT2D eigenvalue weighted by Gasteiger charge is -2.41. The predicted molar refractivity (Wildman–Crippen MR) is 45.3 cm³/mol. The van der Waals surface area contributed by atoms with Crippen LogP contribution < -0.4 is 5.73 Å². The number of aliphatic hydroxyl groups excluding tert-OH is 4. The van der Waals surface area contributed by atoms with Crippen molar-refractivity contribution in [3.8, 4) is 0 Å². The van der Waals surface area contributed by atoms with Crippen LogP contribution in [-0.2, 0) is 4.74 Å². The third-order valence-electron chi connectivity index (χ3n) is 3.11. The molecule has 1 heterocycles. The Labute approximate surface area is 80.9 Å². The maximum Gasteiger partial charge on any atom is 0.114 e. The molecule has 1 spiro atoms. The quantitative estimate of drug-likeness (QED) is 0.310. The number of hydrogen-bond donors (Lipinski definition) is 5. The zero-order valence-corrected chi connectivity index (χ0v) is 7.58. The summed E-state index contributed by atoms with van der Waals surface area (Å²) in [6.07, 6.45) is -4.20. The minimum absolute atomic E-state index is 0.339. The molecule has 0 unspecified atom stereocenters. The summed E-state index contributed by atoms with van der Waals surface area (Å²) >= 11 is 0. The minimum Gasteiger partial charge on any atom is -0.394 e. The summed E-state index contributed by atoms with van der Waals surface area (Å²) in [6, 6.07) is -0.339. The molecule has 14 heavy (non-hydrogen) atoms. The first kappa shape index (κ1) is 10.3. The summed E-state index contributed by atoms with van der Waals surface area (Å²) in [7, 11) is 0. The number of nitrogens with two attached hydrogens (primary N) is 1. The van der Waals surface area contributed by atoms with E-state index in [9.17, 15) is 15.3 Å². The molecular formula is C8H15NO5. The van der Waals surface area contributed by atoms with Crippen molar-refractivity contribution in [2.75, 3.05) is 6.61 Å². The molecule has 0 bridgehead atoms. The molecule has 2 aliphatic rings. The van der Waals surface area contributed by atoms with Crippen LogP contribution in [0.5, 0.6) is 0 Å². The van der Waals surface area contributed by atoms with Gasteiger partial charge in [0.25, 0.3) is 0 Å². The molecule has 1 aliphatic carbocycles. The molecular weight excluding hydrogens is 190 g/mol. The normalized spacial score (nSPS) is 57.6. The summed E-state index contributed by atoms with van der Waals surface area (Å²) in [5, 5.41) is 37.4. The van der Waals surface area contributed by atoms with E-state index in [2.05, 4.69) is 0 Å². The van der Waals surface area contributed by atoms with Gasteiger partial charge in [-0.3, -0.25) is 0 Å². The smallest absolute Gasteiger partial charge is 0.114 e. The highest BCUT2D eigenvalue weighted by Gasteiger charge is 2.65. The van der Waals surface area contributed by atoms with E-state index in [1.807, 2.05) is 0 Å². The average Bonchev–Trinajstić information content (AvgIpc) is 2.81. The molecule has 82 valence electrons. The molecule has 0 radical (unpaired) electrons. The van der Waals surface area contributed by atoms with Gasteiger partial charge in [-0.2, -0.15) is 0 Å². The van der Waals surface area contributed by atoms with Crippen molar-refractivity contribution < 1.29 is 25.2 Å².